The molecule has 5 aliphatic rings. The molecular formula is C15H22O3. The van der Waals surface area contributed by atoms with Crippen molar-refractivity contribution in [3.05, 3.63) is 0 Å². The normalized spacial score (nSPS) is 56.0. The first-order chi connectivity index (χ1) is 8.82. The molecule has 2 heterocycles. The fraction of sp³-hybridized carbons (Fsp3) is 1.00. The topological polar surface area (TPSA) is 31.0 Å². The van der Waals surface area contributed by atoms with Gasteiger partial charge in [-0.25, -0.2) is 0 Å². The zero-order valence-corrected chi connectivity index (χ0v) is 11.0. The molecule has 5 rings (SSSR count). The molecule has 0 aromatic heterocycles. The highest BCUT2D eigenvalue weighted by atomic mass is 16.7. The van der Waals surface area contributed by atoms with Gasteiger partial charge in [0, 0.05) is 11.8 Å². The van der Waals surface area contributed by atoms with Gasteiger partial charge in [-0.05, 0) is 32.1 Å². The molecule has 3 nitrogen and oxygen atoms in total. The lowest BCUT2D eigenvalue weighted by Gasteiger charge is -2.53. The van der Waals surface area contributed by atoms with E-state index in [0.29, 0.717) is 11.8 Å². The summed E-state index contributed by atoms with van der Waals surface area (Å²) in [5.41, 5.74) is 0.383. The average Bonchev–Trinajstić information content (AvgIpc) is 2.82. The van der Waals surface area contributed by atoms with Gasteiger partial charge in [0.25, 0.3) is 0 Å². The first-order valence-corrected chi connectivity index (χ1v) is 7.80. The predicted molar refractivity (Wildman–Crippen MR) is 65.1 cm³/mol. The van der Waals surface area contributed by atoms with Gasteiger partial charge < -0.3 is 14.2 Å². The first kappa shape index (κ1) is 10.6. The Morgan fingerprint density at radius 2 is 1.72 bits per heavy atom. The van der Waals surface area contributed by atoms with Crippen LogP contribution in [0.3, 0.4) is 0 Å². The largest absolute Gasteiger partial charge is 0.362 e. The van der Waals surface area contributed by atoms with Crippen molar-refractivity contribution in [1.82, 2.24) is 0 Å². The van der Waals surface area contributed by atoms with Gasteiger partial charge in [0.2, 0.25) is 0 Å². The van der Waals surface area contributed by atoms with E-state index in [0.717, 1.165) is 13.2 Å². The van der Waals surface area contributed by atoms with Crippen molar-refractivity contribution < 1.29 is 14.2 Å². The van der Waals surface area contributed by atoms with E-state index >= 15 is 0 Å². The summed E-state index contributed by atoms with van der Waals surface area (Å²) in [5, 5.41) is 0. The van der Waals surface area contributed by atoms with Crippen molar-refractivity contribution in [2.75, 3.05) is 13.2 Å². The molecule has 18 heavy (non-hydrogen) atoms. The van der Waals surface area contributed by atoms with Gasteiger partial charge in [-0.1, -0.05) is 19.3 Å². The van der Waals surface area contributed by atoms with Crippen LogP contribution < -0.4 is 0 Å². The Kier molecular flexibility index (Phi) is 1.85. The second-order valence-electron chi connectivity index (χ2n) is 7.00. The lowest BCUT2D eigenvalue weighted by Crippen LogP contribution is -2.61. The minimum atomic E-state index is -0.254. The summed E-state index contributed by atoms with van der Waals surface area (Å²) in [4.78, 5) is 0. The summed E-state index contributed by atoms with van der Waals surface area (Å²) in [5.74, 6) is 0.850. The maximum absolute atomic E-state index is 6.45. The van der Waals surface area contributed by atoms with Crippen molar-refractivity contribution in [2.45, 2.75) is 68.4 Å². The van der Waals surface area contributed by atoms with E-state index in [-0.39, 0.29) is 17.0 Å². The third kappa shape index (κ3) is 0.981. The number of epoxide rings is 1. The molecule has 2 aliphatic heterocycles. The fourth-order valence-electron chi connectivity index (χ4n) is 5.88. The van der Waals surface area contributed by atoms with Gasteiger partial charge in [0.1, 0.15) is 5.60 Å². The third-order valence-corrected chi connectivity index (χ3v) is 6.46. The SMILES string of the molecule is C1C[C@H]2C[C@]34CCCC[C@]3(O4)[C@H](C1)C21OCCO1. The van der Waals surface area contributed by atoms with Crippen LogP contribution >= 0.6 is 0 Å². The van der Waals surface area contributed by atoms with E-state index in [9.17, 15) is 0 Å². The van der Waals surface area contributed by atoms with E-state index in [4.69, 9.17) is 14.2 Å². The number of hydrogen-bond acceptors (Lipinski definition) is 3. The molecule has 0 aromatic carbocycles. The summed E-state index contributed by atoms with van der Waals surface area (Å²) in [6.07, 6.45) is 10.3. The van der Waals surface area contributed by atoms with Crippen molar-refractivity contribution >= 4 is 0 Å². The molecule has 100 valence electrons. The van der Waals surface area contributed by atoms with Crippen LogP contribution in [-0.4, -0.2) is 30.2 Å². The van der Waals surface area contributed by atoms with Crippen LogP contribution in [0.2, 0.25) is 0 Å². The predicted octanol–water partition coefficient (Wildman–Crippen LogP) is 2.63. The molecule has 0 N–H and O–H groups in total. The van der Waals surface area contributed by atoms with Crippen LogP contribution in [0.25, 0.3) is 0 Å². The molecule has 2 saturated heterocycles. The van der Waals surface area contributed by atoms with Crippen LogP contribution in [0.4, 0.5) is 0 Å². The molecule has 0 aromatic rings. The second-order valence-corrected chi connectivity index (χ2v) is 7.00. The van der Waals surface area contributed by atoms with E-state index in [2.05, 4.69) is 0 Å². The molecule has 3 saturated carbocycles. The summed E-state index contributed by atoms with van der Waals surface area (Å²) < 4.78 is 18.8. The summed E-state index contributed by atoms with van der Waals surface area (Å²) >= 11 is 0. The van der Waals surface area contributed by atoms with Gasteiger partial charge in [-0.15, -0.1) is 0 Å². The van der Waals surface area contributed by atoms with E-state index < -0.39 is 0 Å². The molecular weight excluding hydrogens is 228 g/mol. The molecule has 0 amide bonds. The number of ether oxygens (including phenoxy) is 3. The zero-order chi connectivity index (χ0) is 11.8. The number of rotatable bonds is 0. The van der Waals surface area contributed by atoms with Crippen molar-refractivity contribution in [3.8, 4) is 0 Å². The molecule has 3 heteroatoms. The quantitative estimate of drug-likeness (QED) is 0.619. The average molecular weight is 250 g/mol. The molecule has 0 unspecified atom stereocenters. The summed E-state index contributed by atoms with van der Waals surface area (Å²) in [6, 6.07) is 0. The van der Waals surface area contributed by atoms with Crippen molar-refractivity contribution in [3.63, 3.8) is 0 Å². The Balaban J connectivity index is 1.61. The van der Waals surface area contributed by atoms with Gasteiger partial charge in [-0.3, -0.25) is 0 Å². The first-order valence-electron chi connectivity index (χ1n) is 7.80. The summed E-state index contributed by atoms with van der Waals surface area (Å²) in [6.45, 7) is 1.58. The zero-order valence-electron chi connectivity index (χ0n) is 11.0. The molecule has 2 bridgehead atoms. The highest BCUT2D eigenvalue weighted by Crippen LogP contribution is 2.73. The van der Waals surface area contributed by atoms with Gasteiger partial charge in [0.05, 0.1) is 18.8 Å². The third-order valence-electron chi connectivity index (χ3n) is 6.46. The Morgan fingerprint density at radius 1 is 0.889 bits per heavy atom. The van der Waals surface area contributed by atoms with Crippen LogP contribution in [-0.2, 0) is 14.2 Å². The van der Waals surface area contributed by atoms with Crippen LogP contribution in [0, 0.1) is 11.8 Å². The molecule has 5 fully saturated rings. The highest BCUT2D eigenvalue weighted by Gasteiger charge is 2.82. The Bertz CT molecular complexity index is 389. The lowest BCUT2D eigenvalue weighted by atomic mass is 9.55. The van der Waals surface area contributed by atoms with E-state index in [1.54, 1.807) is 0 Å². The number of hydrogen-bond donors (Lipinski definition) is 0. The Morgan fingerprint density at radius 3 is 2.61 bits per heavy atom. The van der Waals surface area contributed by atoms with Crippen molar-refractivity contribution in [2.24, 2.45) is 11.8 Å². The van der Waals surface area contributed by atoms with Crippen LogP contribution in [0.5, 0.6) is 0 Å². The van der Waals surface area contributed by atoms with E-state index in [1.807, 2.05) is 0 Å². The van der Waals surface area contributed by atoms with Gasteiger partial charge in [-0.2, -0.15) is 0 Å². The van der Waals surface area contributed by atoms with Gasteiger partial charge >= 0.3 is 0 Å². The fourth-order valence-corrected chi connectivity index (χ4v) is 5.88. The Labute approximate surface area is 108 Å². The molecule has 3 aliphatic carbocycles. The smallest absolute Gasteiger partial charge is 0.177 e. The summed E-state index contributed by atoms with van der Waals surface area (Å²) in [7, 11) is 0. The lowest BCUT2D eigenvalue weighted by molar-refractivity contribution is -0.270. The Hall–Kier alpha value is -0.120. The van der Waals surface area contributed by atoms with Crippen LogP contribution in [0.1, 0.15) is 51.4 Å². The van der Waals surface area contributed by atoms with E-state index in [1.165, 1.54) is 51.4 Å². The minimum Gasteiger partial charge on any atom is -0.362 e. The molecule has 0 radical (unpaired) electrons. The standard InChI is InChI=1S/C15H22O3/c1-2-7-14-12-5-3-4-11(10-13(14,6-1)18-14)15(12)16-8-9-17-15/h11-12H,1-10H2/t11-,12-,13+,14-/m0/s1. The molecule has 4 atom stereocenters. The van der Waals surface area contributed by atoms with Crippen LogP contribution in [0.15, 0.2) is 0 Å². The maximum Gasteiger partial charge on any atom is 0.177 e. The van der Waals surface area contributed by atoms with Crippen molar-refractivity contribution in [1.29, 1.82) is 0 Å². The second kappa shape index (κ2) is 3.13. The maximum atomic E-state index is 6.45. The van der Waals surface area contributed by atoms with Gasteiger partial charge in [0.15, 0.2) is 5.79 Å². The highest BCUT2D eigenvalue weighted by molar-refractivity contribution is 5.28. The minimum absolute atomic E-state index is 0.145. The monoisotopic (exact) mass is 250 g/mol. The molecule has 1 spiro atoms.